The SMILES string of the molecule is CN(C)S(=O)(=O)N1CCC(CCC(=O)O)CC1. The molecule has 0 aromatic carbocycles. The van der Waals surface area contributed by atoms with Gasteiger partial charge in [0.2, 0.25) is 0 Å². The highest BCUT2D eigenvalue weighted by atomic mass is 32.2. The molecule has 0 atom stereocenters. The number of rotatable bonds is 5. The first-order valence-corrected chi connectivity index (χ1v) is 7.13. The van der Waals surface area contributed by atoms with E-state index < -0.39 is 16.2 Å². The van der Waals surface area contributed by atoms with Gasteiger partial charge in [-0.15, -0.1) is 0 Å². The third-order valence-corrected chi connectivity index (χ3v) is 5.07. The molecule has 0 spiro atoms. The van der Waals surface area contributed by atoms with E-state index in [0.29, 0.717) is 25.4 Å². The van der Waals surface area contributed by atoms with Crippen LogP contribution in [-0.2, 0) is 15.0 Å². The van der Waals surface area contributed by atoms with Crippen molar-refractivity contribution in [2.24, 2.45) is 5.92 Å². The number of carboxylic acids is 1. The number of carbonyl (C=O) groups is 1. The minimum atomic E-state index is -3.30. The molecule has 0 aromatic heterocycles. The summed E-state index contributed by atoms with van der Waals surface area (Å²) in [6.45, 7) is 0.982. The first-order valence-electron chi connectivity index (χ1n) is 5.73. The Bertz CT molecular complexity index is 359. The minimum absolute atomic E-state index is 0.172. The number of hydrogen-bond donors (Lipinski definition) is 1. The van der Waals surface area contributed by atoms with Gasteiger partial charge < -0.3 is 5.11 Å². The van der Waals surface area contributed by atoms with Crippen LogP contribution < -0.4 is 0 Å². The van der Waals surface area contributed by atoms with Gasteiger partial charge in [0.15, 0.2) is 0 Å². The second kappa shape index (κ2) is 5.79. The lowest BCUT2D eigenvalue weighted by Crippen LogP contribution is -2.44. The lowest BCUT2D eigenvalue weighted by molar-refractivity contribution is -0.137. The highest BCUT2D eigenvalue weighted by Gasteiger charge is 2.29. The summed E-state index contributed by atoms with van der Waals surface area (Å²) in [5.74, 6) is -0.451. The Morgan fingerprint density at radius 3 is 2.29 bits per heavy atom. The molecule has 0 amide bonds. The summed E-state index contributed by atoms with van der Waals surface area (Å²) in [6.07, 6.45) is 2.32. The monoisotopic (exact) mass is 264 g/mol. The third-order valence-electron chi connectivity index (χ3n) is 3.13. The van der Waals surface area contributed by atoms with E-state index in [1.54, 1.807) is 0 Å². The van der Waals surface area contributed by atoms with Crippen LogP contribution in [0.15, 0.2) is 0 Å². The Morgan fingerprint density at radius 2 is 1.88 bits per heavy atom. The standard InChI is InChI=1S/C10H20N2O4S/c1-11(2)17(15,16)12-7-5-9(6-8-12)3-4-10(13)14/h9H,3-8H2,1-2H3,(H,13,14). The van der Waals surface area contributed by atoms with Crippen molar-refractivity contribution in [1.29, 1.82) is 0 Å². The van der Waals surface area contributed by atoms with Gasteiger partial charge in [-0.05, 0) is 25.2 Å². The smallest absolute Gasteiger partial charge is 0.303 e. The van der Waals surface area contributed by atoms with Crippen LogP contribution in [0.3, 0.4) is 0 Å². The van der Waals surface area contributed by atoms with E-state index in [4.69, 9.17) is 5.11 Å². The molecule has 1 saturated heterocycles. The van der Waals surface area contributed by atoms with Gasteiger partial charge >= 0.3 is 5.97 Å². The van der Waals surface area contributed by atoms with Crippen molar-refractivity contribution in [3.05, 3.63) is 0 Å². The Balaban J connectivity index is 2.43. The lowest BCUT2D eigenvalue weighted by Gasteiger charge is -2.32. The average Bonchev–Trinajstić information content (AvgIpc) is 2.26. The average molecular weight is 264 g/mol. The Hall–Kier alpha value is -0.660. The van der Waals surface area contributed by atoms with Crippen LogP contribution in [0.5, 0.6) is 0 Å². The largest absolute Gasteiger partial charge is 0.481 e. The van der Waals surface area contributed by atoms with Crippen molar-refractivity contribution in [1.82, 2.24) is 8.61 Å². The van der Waals surface area contributed by atoms with Crippen LogP contribution in [-0.4, -0.2) is 55.3 Å². The molecule has 6 nitrogen and oxygen atoms in total. The predicted octanol–water partition coefficient (Wildman–Crippen LogP) is 0.370. The van der Waals surface area contributed by atoms with Crippen molar-refractivity contribution in [3.8, 4) is 0 Å². The van der Waals surface area contributed by atoms with Crippen molar-refractivity contribution >= 4 is 16.2 Å². The van der Waals surface area contributed by atoms with Gasteiger partial charge in [0.05, 0.1) is 0 Å². The molecule has 1 heterocycles. The van der Waals surface area contributed by atoms with Crippen molar-refractivity contribution in [3.63, 3.8) is 0 Å². The van der Waals surface area contributed by atoms with E-state index >= 15 is 0 Å². The summed E-state index contributed by atoms with van der Waals surface area (Å²) in [5, 5.41) is 8.59. The van der Waals surface area contributed by atoms with Crippen LogP contribution >= 0.6 is 0 Å². The number of piperidine rings is 1. The fraction of sp³-hybridized carbons (Fsp3) is 0.900. The Morgan fingerprint density at radius 1 is 1.35 bits per heavy atom. The molecule has 0 aliphatic carbocycles. The molecule has 7 heteroatoms. The molecule has 1 aliphatic heterocycles. The zero-order chi connectivity index (χ0) is 13.1. The maximum atomic E-state index is 11.8. The molecule has 1 aliphatic rings. The summed E-state index contributed by atoms with van der Waals surface area (Å²) in [7, 11) is -0.265. The van der Waals surface area contributed by atoms with E-state index in [1.807, 2.05) is 0 Å². The van der Waals surface area contributed by atoms with Gasteiger partial charge in [0.1, 0.15) is 0 Å². The minimum Gasteiger partial charge on any atom is -0.481 e. The van der Waals surface area contributed by atoms with Gasteiger partial charge in [-0.1, -0.05) is 0 Å². The van der Waals surface area contributed by atoms with Gasteiger partial charge in [-0.25, -0.2) is 0 Å². The number of carboxylic acid groups (broad SMARTS) is 1. The van der Waals surface area contributed by atoms with Crippen LogP contribution in [0.1, 0.15) is 25.7 Å². The summed E-state index contributed by atoms with van der Waals surface area (Å²) in [6, 6.07) is 0. The Labute approximate surface area is 102 Å². The van der Waals surface area contributed by atoms with Gasteiger partial charge in [0.25, 0.3) is 10.2 Å². The van der Waals surface area contributed by atoms with Crippen LogP contribution in [0, 0.1) is 5.92 Å². The summed E-state index contributed by atoms with van der Waals surface area (Å²) in [5.41, 5.74) is 0. The molecule has 0 radical (unpaired) electrons. The normalized spacial score (nSPS) is 19.7. The Kier molecular flexibility index (Phi) is 4.91. The second-order valence-electron chi connectivity index (χ2n) is 4.57. The van der Waals surface area contributed by atoms with Crippen molar-refractivity contribution < 1.29 is 18.3 Å². The highest BCUT2D eigenvalue weighted by molar-refractivity contribution is 7.86. The maximum Gasteiger partial charge on any atom is 0.303 e. The molecule has 17 heavy (non-hydrogen) atoms. The summed E-state index contributed by atoms with van der Waals surface area (Å²) >= 11 is 0. The fourth-order valence-corrected chi connectivity index (χ4v) is 3.12. The maximum absolute atomic E-state index is 11.8. The third kappa shape index (κ3) is 3.93. The predicted molar refractivity (Wildman–Crippen MR) is 63.8 cm³/mol. The van der Waals surface area contributed by atoms with Crippen molar-refractivity contribution in [2.75, 3.05) is 27.2 Å². The van der Waals surface area contributed by atoms with Crippen molar-refractivity contribution in [2.45, 2.75) is 25.7 Å². The molecule has 1 fully saturated rings. The second-order valence-corrected chi connectivity index (χ2v) is 6.71. The summed E-state index contributed by atoms with van der Waals surface area (Å²) in [4.78, 5) is 10.4. The zero-order valence-electron chi connectivity index (χ0n) is 10.3. The van der Waals surface area contributed by atoms with Crippen LogP contribution in [0.25, 0.3) is 0 Å². The first-order chi connectivity index (χ1) is 7.84. The summed E-state index contributed by atoms with van der Waals surface area (Å²) < 4.78 is 26.3. The van der Waals surface area contributed by atoms with E-state index in [9.17, 15) is 13.2 Å². The molecule has 0 saturated carbocycles. The first kappa shape index (κ1) is 14.4. The number of aliphatic carboxylic acids is 1. The van der Waals surface area contributed by atoms with Gasteiger partial charge in [-0.2, -0.15) is 17.0 Å². The molecule has 0 bridgehead atoms. The van der Waals surface area contributed by atoms with E-state index in [2.05, 4.69) is 0 Å². The van der Waals surface area contributed by atoms with Gasteiger partial charge in [-0.3, -0.25) is 4.79 Å². The molecular formula is C10H20N2O4S. The van der Waals surface area contributed by atoms with E-state index in [-0.39, 0.29) is 6.42 Å². The van der Waals surface area contributed by atoms with E-state index in [0.717, 1.165) is 12.8 Å². The van der Waals surface area contributed by atoms with Crippen LogP contribution in [0.4, 0.5) is 0 Å². The number of nitrogens with zero attached hydrogens (tertiary/aromatic N) is 2. The zero-order valence-corrected chi connectivity index (χ0v) is 11.1. The molecule has 1 N–H and O–H groups in total. The fourth-order valence-electron chi connectivity index (χ4n) is 1.99. The quantitative estimate of drug-likeness (QED) is 0.778. The molecule has 0 unspecified atom stereocenters. The molecule has 1 rings (SSSR count). The molecular weight excluding hydrogens is 244 g/mol. The topological polar surface area (TPSA) is 77.9 Å². The van der Waals surface area contributed by atoms with Gasteiger partial charge in [0, 0.05) is 33.6 Å². The van der Waals surface area contributed by atoms with E-state index in [1.165, 1.54) is 22.7 Å². The molecule has 100 valence electrons. The highest BCUT2D eigenvalue weighted by Crippen LogP contribution is 2.24. The lowest BCUT2D eigenvalue weighted by atomic mass is 9.93. The number of hydrogen-bond acceptors (Lipinski definition) is 3. The van der Waals surface area contributed by atoms with Crippen LogP contribution in [0.2, 0.25) is 0 Å². The molecule has 0 aromatic rings.